The van der Waals surface area contributed by atoms with Crippen LogP contribution in [-0.2, 0) is 70.1 Å². The van der Waals surface area contributed by atoms with Crippen molar-refractivity contribution < 1.29 is 61.9 Å². The maximum atomic E-state index is 10.6. The zero-order chi connectivity index (χ0) is 35.8. The van der Waals surface area contributed by atoms with Crippen LogP contribution in [0, 0.1) is 0 Å². The van der Waals surface area contributed by atoms with Crippen LogP contribution in [0.5, 0.6) is 0 Å². The standard InChI is InChI=1S/C37H54O13/c1-21-26(44-19-24-15-11-9-12-16-24)29(39-4)33(43-8)36(47-21)50-34-30(40-5)27(45-20-25-17-13-10-14-18-25)22(2)48-37(34)49-28-23(3)46-35(38)32(42-7)31(28)41-6/h9-18,21-23,26-38H,19-20H2,1-8H3/t21-,22-,23-,26-,27-,28-,29+,30+,31+,32+,33+,34+,35+,36-,37-/m0/s1. The van der Waals surface area contributed by atoms with Crippen LogP contribution in [0.25, 0.3) is 0 Å². The van der Waals surface area contributed by atoms with Crippen LogP contribution in [0.15, 0.2) is 60.7 Å². The van der Waals surface area contributed by atoms with Gasteiger partial charge in [-0.2, -0.15) is 0 Å². The Morgan fingerprint density at radius 1 is 0.460 bits per heavy atom. The molecule has 3 fully saturated rings. The first-order valence-corrected chi connectivity index (χ1v) is 17.1. The molecule has 13 nitrogen and oxygen atoms in total. The van der Waals surface area contributed by atoms with Crippen LogP contribution in [0.3, 0.4) is 0 Å². The second kappa shape index (κ2) is 18.6. The first-order valence-electron chi connectivity index (χ1n) is 17.1. The van der Waals surface area contributed by atoms with E-state index in [0.717, 1.165) is 11.1 Å². The molecule has 0 unspecified atom stereocenters. The molecule has 15 atom stereocenters. The number of hydrogen-bond donors (Lipinski definition) is 1. The van der Waals surface area contributed by atoms with E-state index in [2.05, 4.69) is 0 Å². The lowest BCUT2D eigenvalue weighted by Crippen LogP contribution is -2.66. The van der Waals surface area contributed by atoms with Gasteiger partial charge in [-0.05, 0) is 31.9 Å². The third-order valence-electron chi connectivity index (χ3n) is 9.71. The molecular formula is C37H54O13. The van der Waals surface area contributed by atoms with Crippen molar-refractivity contribution in [2.75, 3.05) is 35.5 Å². The SMILES string of the molecule is CO[C@@H]1[C@@H](O[C@@H]2O[C@@H](C)[C@H](OCc3ccccc3)[C@@H](OC)[C@H]2O[C@@H]2O[C@@H](C)[C@H](OCc3ccccc3)[C@@H](OC)[C@H]2OC)[C@H](C)O[C@@H](O)[C@@H]1OC. The van der Waals surface area contributed by atoms with Crippen molar-refractivity contribution in [2.45, 2.75) is 126 Å². The summed E-state index contributed by atoms with van der Waals surface area (Å²) in [5, 5.41) is 10.6. The Labute approximate surface area is 295 Å². The van der Waals surface area contributed by atoms with Gasteiger partial charge in [0.25, 0.3) is 0 Å². The highest BCUT2D eigenvalue weighted by atomic mass is 16.8. The lowest BCUT2D eigenvalue weighted by molar-refractivity contribution is -0.389. The zero-order valence-electron chi connectivity index (χ0n) is 30.2. The van der Waals surface area contributed by atoms with Crippen molar-refractivity contribution in [2.24, 2.45) is 0 Å². The second-order valence-corrected chi connectivity index (χ2v) is 12.9. The summed E-state index contributed by atoms with van der Waals surface area (Å²) < 4.78 is 74.6. The van der Waals surface area contributed by atoms with E-state index in [9.17, 15) is 5.11 Å². The molecule has 3 aliphatic heterocycles. The zero-order valence-corrected chi connectivity index (χ0v) is 30.2. The fourth-order valence-electron chi connectivity index (χ4n) is 7.09. The number of methoxy groups -OCH3 is 5. The number of aliphatic hydroxyl groups is 1. The molecule has 0 saturated carbocycles. The van der Waals surface area contributed by atoms with E-state index in [0.29, 0.717) is 13.2 Å². The van der Waals surface area contributed by atoms with E-state index in [1.54, 1.807) is 28.3 Å². The first kappa shape index (κ1) is 39.1. The average Bonchev–Trinajstić information content (AvgIpc) is 3.12. The quantitative estimate of drug-likeness (QED) is 0.291. The van der Waals surface area contributed by atoms with Crippen LogP contribution in [0.2, 0.25) is 0 Å². The van der Waals surface area contributed by atoms with Crippen molar-refractivity contribution in [3.05, 3.63) is 71.8 Å². The molecule has 2 aromatic rings. The summed E-state index contributed by atoms with van der Waals surface area (Å²) in [6.07, 6.45) is -10.7. The van der Waals surface area contributed by atoms with Crippen LogP contribution < -0.4 is 0 Å². The minimum Gasteiger partial charge on any atom is -0.376 e. The summed E-state index contributed by atoms with van der Waals surface area (Å²) in [4.78, 5) is 0. The summed E-state index contributed by atoms with van der Waals surface area (Å²) in [6, 6.07) is 19.8. The van der Waals surface area contributed by atoms with E-state index in [1.807, 2.05) is 74.5 Å². The molecule has 0 bridgehead atoms. The van der Waals surface area contributed by atoms with Gasteiger partial charge in [0.2, 0.25) is 0 Å². The molecule has 0 aromatic heterocycles. The smallest absolute Gasteiger partial charge is 0.187 e. The van der Waals surface area contributed by atoms with Gasteiger partial charge in [0, 0.05) is 35.5 Å². The Kier molecular flexibility index (Phi) is 14.6. The van der Waals surface area contributed by atoms with Gasteiger partial charge in [-0.15, -0.1) is 0 Å². The molecule has 13 heteroatoms. The van der Waals surface area contributed by atoms with Gasteiger partial charge in [0.1, 0.15) is 54.9 Å². The topological polar surface area (TPSA) is 131 Å². The number of hydrogen-bond acceptors (Lipinski definition) is 13. The van der Waals surface area contributed by atoms with Crippen molar-refractivity contribution >= 4 is 0 Å². The van der Waals surface area contributed by atoms with Gasteiger partial charge in [-0.1, -0.05) is 60.7 Å². The molecule has 50 heavy (non-hydrogen) atoms. The second-order valence-electron chi connectivity index (χ2n) is 12.9. The van der Waals surface area contributed by atoms with E-state index < -0.39 is 92.1 Å². The Morgan fingerprint density at radius 3 is 1.30 bits per heavy atom. The molecular weight excluding hydrogens is 652 g/mol. The fraction of sp³-hybridized carbons (Fsp3) is 0.676. The molecule has 0 spiro atoms. The minimum atomic E-state index is -1.21. The van der Waals surface area contributed by atoms with Gasteiger partial charge in [-0.3, -0.25) is 0 Å². The predicted molar refractivity (Wildman–Crippen MR) is 179 cm³/mol. The van der Waals surface area contributed by atoms with Gasteiger partial charge in [-0.25, -0.2) is 0 Å². The summed E-state index contributed by atoms with van der Waals surface area (Å²) >= 11 is 0. The fourth-order valence-corrected chi connectivity index (χ4v) is 7.09. The van der Waals surface area contributed by atoms with E-state index in [-0.39, 0.29) is 0 Å². The summed E-state index contributed by atoms with van der Waals surface area (Å²) in [5.41, 5.74) is 2.03. The van der Waals surface area contributed by atoms with Crippen molar-refractivity contribution in [1.82, 2.24) is 0 Å². The van der Waals surface area contributed by atoms with Crippen LogP contribution in [0.4, 0.5) is 0 Å². The highest BCUT2D eigenvalue weighted by molar-refractivity contribution is 5.14. The summed E-state index contributed by atoms with van der Waals surface area (Å²) in [7, 11) is 7.80. The van der Waals surface area contributed by atoms with Crippen molar-refractivity contribution in [3.8, 4) is 0 Å². The maximum Gasteiger partial charge on any atom is 0.187 e. The minimum absolute atomic E-state index is 0.327. The maximum absolute atomic E-state index is 10.6. The van der Waals surface area contributed by atoms with Gasteiger partial charge in [0.05, 0.1) is 31.5 Å². The molecule has 3 aliphatic rings. The largest absolute Gasteiger partial charge is 0.376 e. The lowest BCUT2D eigenvalue weighted by atomic mass is 9.96. The van der Waals surface area contributed by atoms with Gasteiger partial charge < -0.3 is 61.9 Å². The summed E-state index contributed by atoms with van der Waals surface area (Å²) in [5.74, 6) is 0. The monoisotopic (exact) mass is 706 g/mol. The van der Waals surface area contributed by atoms with Gasteiger partial charge in [0.15, 0.2) is 18.9 Å². The number of benzene rings is 2. The highest BCUT2D eigenvalue weighted by Crippen LogP contribution is 2.37. The Hall–Kier alpha value is -2.08. The lowest BCUT2D eigenvalue weighted by Gasteiger charge is -2.50. The third-order valence-corrected chi connectivity index (χ3v) is 9.71. The van der Waals surface area contributed by atoms with Crippen LogP contribution >= 0.6 is 0 Å². The third kappa shape index (κ3) is 8.92. The van der Waals surface area contributed by atoms with Crippen LogP contribution in [-0.4, -0.2) is 133 Å². The molecule has 1 N–H and O–H groups in total. The molecule has 2 aromatic carbocycles. The van der Waals surface area contributed by atoms with Crippen molar-refractivity contribution in [3.63, 3.8) is 0 Å². The molecule has 280 valence electrons. The van der Waals surface area contributed by atoms with E-state index in [4.69, 9.17) is 56.8 Å². The molecule has 3 heterocycles. The normalized spacial score (nSPS) is 39.3. The van der Waals surface area contributed by atoms with Crippen LogP contribution in [0.1, 0.15) is 31.9 Å². The molecule has 3 saturated heterocycles. The number of ether oxygens (including phenoxy) is 12. The van der Waals surface area contributed by atoms with E-state index >= 15 is 0 Å². The number of rotatable bonds is 15. The first-order chi connectivity index (χ1) is 24.2. The Morgan fingerprint density at radius 2 is 0.840 bits per heavy atom. The predicted octanol–water partition coefficient (Wildman–Crippen LogP) is 3.23. The molecule has 0 aliphatic carbocycles. The van der Waals surface area contributed by atoms with Crippen molar-refractivity contribution in [1.29, 1.82) is 0 Å². The number of aliphatic hydroxyl groups excluding tert-OH is 1. The highest BCUT2D eigenvalue weighted by Gasteiger charge is 2.55. The molecule has 0 amide bonds. The summed E-state index contributed by atoms with van der Waals surface area (Å²) in [6.45, 7) is 6.30. The van der Waals surface area contributed by atoms with Gasteiger partial charge >= 0.3 is 0 Å². The molecule has 5 rings (SSSR count). The average molecular weight is 707 g/mol. The molecule has 0 radical (unpaired) electrons. The Balaban J connectivity index is 1.41. The Bertz CT molecular complexity index is 1260. The van der Waals surface area contributed by atoms with E-state index in [1.165, 1.54) is 14.2 Å².